The van der Waals surface area contributed by atoms with Gasteiger partial charge in [-0.15, -0.1) is 0 Å². The van der Waals surface area contributed by atoms with Gasteiger partial charge in [0.2, 0.25) is 0 Å². The van der Waals surface area contributed by atoms with Gasteiger partial charge in [-0.05, 0) is 35.8 Å². The Hall–Kier alpha value is -2.62. The van der Waals surface area contributed by atoms with Crippen LogP contribution in [0.15, 0.2) is 48.7 Å². The minimum absolute atomic E-state index is 0.446. The maximum absolute atomic E-state index is 10.8. The number of nitrogens with zero attached hydrogens (tertiary/aromatic N) is 1. The van der Waals surface area contributed by atoms with Crippen molar-refractivity contribution in [2.24, 2.45) is 5.73 Å². The van der Waals surface area contributed by atoms with Crippen molar-refractivity contribution in [3.63, 3.8) is 0 Å². The summed E-state index contributed by atoms with van der Waals surface area (Å²) in [5.41, 5.74) is 8.31. The minimum atomic E-state index is -0.617. The highest BCUT2D eigenvalue weighted by molar-refractivity contribution is 5.87. The highest BCUT2D eigenvalue weighted by Crippen LogP contribution is 2.18. The van der Waals surface area contributed by atoms with E-state index in [-0.39, 0.29) is 0 Å². The smallest absolute Gasteiger partial charge is 0.317 e. The summed E-state index contributed by atoms with van der Waals surface area (Å²) in [7, 11) is 0. The molecule has 0 spiro atoms. The third-order valence-electron chi connectivity index (χ3n) is 2.65. The third kappa shape index (κ3) is 3.67. The second-order valence-electron chi connectivity index (χ2n) is 4.16. The molecule has 0 bridgehead atoms. The normalized spacial score (nSPS) is 11.1. The van der Waals surface area contributed by atoms with Gasteiger partial charge < -0.3 is 5.73 Å². The second kappa shape index (κ2) is 5.82. The number of amides is 2. The SMILES string of the molecule is C/C(=C\c1ccnc(NC(N)=O)c1)c1ccccc1. The van der Waals surface area contributed by atoms with Gasteiger partial charge in [-0.25, -0.2) is 9.78 Å². The number of allylic oxidation sites excluding steroid dienone is 1. The van der Waals surface area contributed by atoms with Crippen LogP contribution in [0.25, 0.3) is 11.6 Å². The Morgan fingerprint density at radius 3 is 2.68 bits per heavy atom. The molecule has 0 aliphatic rings. The van der Waals surface area contributed by atoms with Crippen LogP contribution in [-0.2, 0) is 0 Å². The number of aromatic nitrogens is 1. The van der Waals surface area contributed by atoms with Crippen molar-refractivity contribution >= 4 is 23.5 Å². The van der Waals surface area contributed by atoms with E-state index < -0.39 is 6.03 Å². The summed E-state index contributed by atoms with van der Waals surface area (Å²) in [5.74, 6) is 0.446. The fraction of sp³-hybridized carbons (Fsp3) is 0.0667. The Balaban J connectivity index is 2.25. The lowest BCUT2D eigenvalue weighted by Crippen LogP contribution is -2.19. The molecular weight excluding hydrogens is 238 g/mol. The van der Waals surface area contributed by atoms with Crippen LogP contribution in [0, 0.1) is 0 Å². The highest BCUT2D eigenvalue weighted by Gasteiger charge is 1.99. The first kappa shape index (κ1) is 12.8. The summed E-state index contributed by atoms with van der Waals surface area (Å²) in [6.07, 6.45) is 3.67. The Morgan fingerprint density at radius 1 is 1.26 bits per heavy atom. The zero-order chi connectivity index (χ0) is 13.7. The van der Waals surface area contributed by atoms with E-state index in [0.717, 1.165) is 16.7 Å². The van der Waals surface area contributed by atoms with E-state index in [1.807, 2.05) is 37.3 Å². The number of nitrogens with one attached hydrogen (secondary N) is 1. The van der Waals surface area contributed by atoms with Crippen molar-refractivity contribution in [3.8, 4) is 0 Å². The molecule has 0 unspecified atom stereocenters. The van der Waals surface area contributed by atoms with Gasteiger partial charge in [-0.2, -0.15) is 0 Å². The fourth-order valence-corrected chi connectivity index (χ4v) is 1.77. The first-order valence-corrected chi connectivity index (χ1v) is 5.91. The molecular formula is C15H15N3O. The lowest BCUT2D eigenvalue weighted by molar-refractivity contribution is 0.259. The van der Waals surface area contributed by atoms with Crippen molar-refractivity contribution in [1.29, 1.82) is 0 Å². The predicted molar refractivity (Wildman–Crippen MR) is 77.4 cm³/mol. The molecule has 1 aromatic carbocycles. The number of rotatable bonds is 3. The molecule has 0 fully saturated rings. The number of pyridine rings is 1. The lowest BCUT2D eigenvalue weighted by Gasteiger charge is -2.04. The lowest BCUT2D eigenvalue weighted by atomic mass is 10.1. The molecule has 4 nitrogen and oxygen atoms in total. The molecule has 0 atom stereocenters. The van der Waals surface area contributed by atoms with Crippen LogP contribution < -0.4 is 11.1 Å². The third-order valence-corrected chi connectivity index (χ3v) is 2.65. The Kier molecular flexibility index (Phi) is 3.93. The fourth-order valence-electron chi connectivity index (χ4n) is 1.77. The Bertz CT molecular complexity index is 606. The molecule has 3 N–H and O–H groups in total. The number of urea groups is 1. The first-order valence-electron chi connectivity index (χ1n) is 5.91. The quantitative estimate of drug-likeness (QED) is 0.882. The number of primary amides is 1. The number of nitrogens with two attached hydrogens (primary N) is 1. The largest absolute Gasteiger partial charge is 0.351 e. The zero-order valence-corrected chi connectivity index (χ0v) is 10.6. The predicted octanol–water partition coefficient (Wildman–Crippen LogP) is 3.13. The summed E-state index contributed by atoms with van der Waals surface area (Å²) in [4.78, 5) is 14.8. The molecule has 19 heavy (non-hydrogen) atoms. The average Bonchev–Trinajstić information content (AvgIpc) is 2.39. The molecule has 2 aromatic rings. The summed E-state index contributed by atoms with van der Waals surface area (Å²) in [6, 6.07) is 13.1. The molecule has 4 heteroatoms. The number of hydrogen-bond acceptors (Lipinski definition) is 2. The van der Waals surface area contributed by atoms with Crippen LogP contribution in [-0.4, -0.2) is 11.0 Å². The van der Waals surface area contributed by atoms with Gasteiger partial charge in [0, 0.05) is 6.20 Å². The molecule has 0 aliphatic carbocycles. The standard InChI is InChI=1S/C15H15N3O/c1-11(13-5-3-2-4-6-13)9-12-7-8-17-14(10-12)18-15(16)19/h2-10H,1H3,(H3,16,17,18,19)/b11-9+. The van der Waals surface area contributed by atoms with E-state index in [9.17, 15) is 4.79 Å². The Labute approximate surface area is 112 Å². The molecule has 0 saturated carbocycles. The number of hydrogen-bond donors (Lipinski definition) is 2. The van der Waals surface area contributed by atoms with Gasteiger partial charge >= 0.3 is 6.03 Å². The second-order valence-corrected chi connectivity index (χ2v) is 4.16. The number of benzene rings is 1. The van der Waals surface area contributed by atoms with Gasteiger partial charge in [0.25, 0.3) is 0 Å². The summed E-state index contributed by atoms with van der Waals surface area (Å²) in [6.45, 7) is 2.04. The maximum Gasteiger partial charge on any atom is 0.317 e. The van der Waals surface area contributed by atoms with E-state index in [0.29, 0.717) is 5.82 Å². The molecule has 0 radical (unpaired) electrons. The number of carbonyl (C=O) groups excluding carboxylic acids is 1. The van der Waals surface area contributed by atoms with Gasteiger partial charge in [0.1, 0.15) is 5.82 Å². The van der Waals surface area contributed by atoms with Crippen LogP contribution in [0.4, 0.5) is 10.6 Å². The molecule has 1 heterocycles. The maximum atomic E-state index is 10.8. The Morgan fingerprint density at radius 2 is 2.00 bits per heavy atom. The molecule has 2 amide bonds. The topological polar surface area (TPSA) is 68.0 Å². The zero-order valence-electron chi connectivity index (χ0n) is 10.6. The molecule has 0 aliphatic heterocycles. The van der Waals surface area contributed by atoms with Crippen LogP contribution >= 0.6 is 0 Å². The van der Waals surface area contributed by atoms with E-state index in [1.54, 1.807) is 12.3 Å². The summed E-state index contributed by atoms with van der Waals surface area (Å²) in [5, 5.41) is 2.46. The van der Waals surface area contributed by atoms with Crippen LogP contribution in [0.5, 0.6) is 0 Å². The van der Waals surface area contributed by atoms with Gasteiger partial charge in [0.15, 0.2) is 0 Å². The number of anilines is 1. The summed E-state index contributed by atoms with van der Waals surface area (Å²) < 4.78 is 0. The van der Waals surface area contributed by atoms with E-state index in [4.69, 9.17) is 5.73 Å². The van der Waals surface area contributed by atoms with Crippen molar-refractivity contribution in [3.05, 3.63) is 59.8 Å². The van der Waals surface area contributed by atoms with Crippen molar-refractivity contribution in [2.75, 3.05) is 5.32 Å². The molecule has 0 saturated heterocycles. The van der Waals surface area contributed by atoms with Gasteiger partial charge in [0.05, 0.1) is 0 Å². The van der Waals surface area contributed by atoms with Gasteiger partial charge in [-0.3, -0.25) is 5.32 Å². The van der Waals surface area contributed by atoms with Crippen LogP contribution in [0.3, 0.4) is 0 Å². The molecule has 96 valence electrons. The first-order chi connectivity index (χ1) is 9.15. The molecule has 2 rings (SSSR count). The van der Waals surface area contributed by atoms with E-state index in [1.165, 1.54) is 0 Å². The summed E-state index contributed by atoms with van der Waals surface area (Å²) >= 11 is 0. The molecule has 1 aromatic heterocycles. The monoisotopic (exact) mass is 253 g/mol. The van der Waals surface area contributed by atoms with Crippen molar-refractivity contribution in [2.45, 2.75) is 6.92 Å². The van der Waals surface area contributed by atoms with Crippen LogP contribution in [0.2, 0.25) is 0 Å². The highest BCUT2D eigenvalue weighted by atomic mass is 16.2. The number of carbonyl (C=O) groups is 1. The van der Waals surface area contributed by atoms with E-state index >= 15 is 0 Å². The van der Waals surface area contributed by atoms with E-state index in [2.05, 4.69) is 22.4 Å². The van der Waals surface area contributed by atoms with Crippen LogP contribution in [0.1, 0.15) is 18.1 Å². The van der Waals surface area contributed by atoms with Gasteiger partial charge in [-0.1, -0.05) is 36.4 Å². The average molecular weight is 253 g/mol. The minimum Gasteiger partial charge on any atom is -0.351 e. The van der Waals surface area contributed by atoms with Crippen molar-refractivity contribution in [1.82, 2.24) is 4.98 Å². The van der Waals surface area contributed by atoms with Crippen molar-refractivity contribution < 1.29 is 4.79 Å².